The second kappa shape index (κ2) is 3.83. The lowest BCUT2D eigenvalue weighted by Gasteiger charge is -2.01. The fourth-order valence-corrected chi connectivity index (χ4v) is 1.71. The normalized spacial score (nSPS) is 10.6. The van der Waals surface area contributed by atoms with Crippen LogP contribution in [-0.4, -0.2) is 15.0 Å². The van der Waals surface area contributed by atoms with Crippen molar-refractivity contribution >= 4 is 11.0 Å². The monoisotopic (exact) mass is 223 g/mol. The van der Waals surface area contributed by atoms with E-state index in [9.17, 15) is 4.79 Å². The van der Waals surface area contributed by atoms with Gasteiger partial charge < -0.3 is 4.98 Å². The number of aromatic amines is 1. The number of hydrogen-bond donors (Lipinski definition) is 1. The van der Waals surface area contributed by atoms with Gasteiger partial charge in [0.15, 0.2) is 5.52 Å². The van der Waals surface area contributed by atoms with E-state index in [0.717, 1.165) is 5.56 Å². The predicted octanol–water partition coefficient (Wildman–Crippen LogP) is 1.99. The van der Waals surface area contributed by atoms with Crippen LogP contribution in [0.5, 0.6) is 0 Å². The number of nitrogens with zero attached hydrogens (tertiary/aromatic N) is 2. The Morgan fingerprint density at radius 1 is 1.00 bits per heavy atom. The molecule has 17 heavy (non-hydrogen) atoms. The maximum absolute atomic E-state index is 11.8. The summed E-state index contributed by atoms with van der Waals surface area (Å²) in [5, 5.41) is 0. The highest BCUT2D eigenvalue weighted by molar-refractivity contribution is 5.75. The first kappa shape index (κ1) is 9.72. The summed E-state index contributed by atoms with van der Waals surface area (Å²) in [6, 6.07) is 13.1. The smallest absolute Gasteiger partial charge is 0.277 e. The van der Waals surface area contributed by atoms with Crippen molar-refractivity contribution in [3.63, 3.8) is 0 Å². The first-order valence-corrected chi connectivity index (χ1v) is 5.25. The maximum atomic E-state index is 11.8. The van der Waals surface area contributed by atoms with E-state index in [2.05, 4.69) is 15.0 Å². The zero-order valence-electron chi connectivity index (χ0n) is 8.92. The Morgan fingerprint density at radius 3 is 2.65 bits per heavy atom. The lowest BCUT2D eigenvalue weighted by molar-refractivity contribution is 1.15. The van der Waals surface area contributed by atoms with E-state index in [1.165, 1.54) is 0 Å². The maximum Gasteiger partial charge on any atom is 0.277 e. The number of hydrogen-bond acceptors (Lipinski definition) is 3. The van der Waals surface area contributed by atoms with Crippen LogP contribution in [0.15, 0.2) is 53.5 Å². The third-order valence-electron chi connectivity index (χ3n) is 2.51. The van der Waals surface area contributed by atoms with Crippen molar-refractivity contribution in [1.82, 2.24) is 15.0 Å². The van der Waals surface area contributed by atoms with Crippen LogP contribution in [0.4, 0.5) is 0 Å². The second-order valence-electron chi connectivity index (χ2n) is 3.65. The van der Waals surface area contributed by atoms with Crippen LogP contribution < -0.4 is 5.56 Å². The minimum absolute atomic E-state index is 0.213. The molecule has 1 N–H and O–H groups in total. The average Bonchev–Trinajstić information content (AvgIpc) is 2.40. The van der Waals surface area contributed by atoms with E-state index in [1.54, 1.807) is 18.3 Å². The Hall–Kier alpha value is -2.49. The van der Waals surface area contributed by atoms with Crippen LogP contribution >= 0.6 is 0 Å². The third-order valence-corrected chi connectivity index (χ3v) is 2.51. The minimum atomic E-state index is -0.213. The number of H-pyrrole nitrogens is 1. The largest absolute Gasteiger partial charge is 0.305 e. The topological polar surface area (TPSA) is 58.6 Å². The molecule has 0 aliphatic heterocycles. The fraction of sp³-hybridized carbons (Fsp3) is 0. The van der Waals surface area contributed by atoms with Crippen molar-refractivity contribution in [1.29, 1.82) is 0 Å². The molecule has 0 saturated heterocycles. The van der Waals surface area contributed by atoms with Gasteiger partial charge in [0, 0.05) is 11.8 Å². The summed E-state index contributed by atoms with van der Waals surface area (Å²) in [5.41, 5.74) is 1.65. The quantitative estimate of drug-likeness (QED) is 0.686. The predicted molar refractivity (Wildman–Crippen MR) is 65.6 cm³/mol. The molecular weight excluding hydrogens is 214 g/mol. The summed E-state index contributed by atoms with van der Waals surface area (Å²) in [5.74, 6) is 0.566. The number of fused-ring (bicyclic) bond motifs is 1. The SMILES string of the molecule is O=c1[nH]c(-c2ccccc2)nc2cccnc12. The van der Waals surface area contributed by atoms with Crippen LogP contribution in [0.3, 0.4) is 0 Å². The van der Waals surface area contributed by atoms with E-state index in [4.69, 9.17) is 0 Å². The molecule has 1 aromatic carbocycles. The molecule has 0 spiro atoms. The van der Waals surface area contributed by atoms with E-state index in [0.29, 0.717) is 16.9 Å². The number of nitrogens with one attached hydrogen (secondary N) is 1. The average molecular weight is 223 g/mol. The Balaban J connectivity index is 2.30. The molecule has 2 heterocycles. The van der Waals surface area contributed by atoms with Gasteiger partial charge in [-0.2, -0.15) is 0 Å². The van der Waals surface area contributed by atoms with Crippen LogP contribution in [0.25, 0.3) is 22.4 Å². The van der Waals surface area contributed by atoms with Crippen molar-refractivity contribution < 1.29 is 0 Å². The van der Waals surface area contributed by atoms with Crippen molar-refractivity contribution in [2.24, 2.45) is 0 Å². The lowest BCUT2D eigenvalue weighted by atomic mass is 10.2. The Kier molecular flexibility index (Phi) is 2.19. The van der Waals surface area contributed by atoms with Crippen molar-refractivity contribution in [3.05, 3.63) is 59.0 Å². The van der Waals surface area contributed by atoms with Crippen molar-refractivity contribution in [2.75, 3.05) is 0 Å². The standard InChI is InChI=1S/C13H9N3O/c17-13-11-10(7-4-8-14-11)15-12(16-13)9-5-2-1-3-6-9/h1-8H,(H,15,16,17). The van der Waals surface area contributed by atoms with Gasteiger partial charge in [-0.25, -0.2) is 9.97 Å². The molecule has 3 rings (SSSR count). The van der Waals surface area contributed by atoms with Gasteiger partial charge in [-0.05, 0) is 12.1 Å². The van der Waals surface area contributed by atoms with Crippen molar-refractivity contribution in [2.45, 2.75) is 0 Å². The summed E-state index contributed by atoms with van der Waals surface area (Å²) in [6.45, 7) is 0. The molecule has 0 amide bonds. The van der Waals surface area contributed by atoms with E-state index in [1.807, 2.05) is 30.3 Å². The second-order valence-corrected chi connectivity index (χ2v) is 3.65. The third kappa shape index (κ3) is 1.69. The zero-order chi connectivity index (χ0) is 11.7. The van der Waals surface area contributed by atoms with Crippen LogP contribution in [0, 0.1) is 0 Å². The first-order chi connectivity index (χ1) is 8.34. The molecule has 0 aliphatic carbocycles. The molecule has 4 heteroatoms. The number of pyridine rings is 1. The lowest BCUT2D eigenvalue weighted by Crippen LogP contribution is -2.10. The highest BCUT2D eigenvalue weighted by Crippen LogP contribution is 2.14. The zero-order valence-corrected chi connectivity index (χ0v) is 8.92. The first-order valence-electron chi connectivity index (χ1n) is 5.25. The van der Waals surface area contributed by atoms with Gasteiger partial charge in [0.05, 0.1) is 5.52 Å². The van der Waals surface area contributed by atoms with Gasteiger partial charge in [-0.15, -0.1) is 0 Å². The van der Waals surface area contributed by atoms with Crippen molar-refractivity contribution in [3.8, 4) is 11.4 Å². The van der Waals surface area contributed by atoms with Crippen LogP contribution in [0.2, 0.25) is 0 Å². The van der Waals surface area contributed by atoms with Crippen LogP contribution in [-0.2, 0) is 0 Å². The highest BCUT2D eigenvalue weighted by atomic mass is 16.1. The molecule has 4 nitrogen and oxygen atoms in total. The summed E-state index contributed by atoms with van der Waals surface area (Å²) < 4.78 is 0. The van der Waals surface area contributed by atoms with Gasteiger partial charge >= 0.3 is 0 Å². The Morgan fingerprint density at radius 2 is 1.82 bits per heavy atom. The van der Waals surface area contributed by atoms with Gasteiger partial charge in [0.1, 0.15) is 5.82 Å². The van der Waals surface area contributed by atoms with Gasteiger partial charge in [0.2, 0.25) is 0 Å². The molecule has 0 bridgehead atoms. The summed E-state index contributed by atoms with van der Waals surface area (Å²) in [6.07, 6.45) is 1.58. The molecule has 82 valence electrons. The van der Waals surface area contributed by atoms with Crippen LogP contribution in [0.1, 0.15) is 0 Å². The van der Waals surface area contributed by atoms with Gasteiger partial charge in [-0.3, -0.25) is 4.79 Å². The molecule has 0 radical (unpaired) electrons. The molecular formula is C13H9N3O. The molecule has 3 aromatic rings. The summed E-state index contributed by atoms with van der Waals surface area (Å²) in [7, 11) is 0. The van der Waals surface area contributed by atoms with E-state index < -0.39 is 0 Å². The number of rotatable bonds is 1. The Bertz CT molecular complexity index is 719. The van der Waals surface area contributed by atoms with Gasteiger partial charge in [0.25, 0.3) is 5.56 Å². The molecule has 2 aromatic heterocycles. The van der Waals surface area contributed by atoms with E-state index >= 15 is 0 Å². The van der Waals surface area contributed by atoms with Gasteiger partial charge in [-0.1, -0.05) is 30.3 Å². The number of benzene rings is 1. The highest BCUT2D eigenvalue weighted by Gasteiger charge is 2.05. The summed E-state index contributed by atoms with van der Waals surface area (Å²) in [4.78, 5) is 22.9. The fourth-order valence-electron chi connectivity index (χ4n) is 1.71. The molecule has 0 saturated carbocycles. The summed E-state index contributed by atoms with van der Waals surface area (Å²) >= 11 is 0. The molecule has 0 aliphatic rings. The number of aromatic nitrogens is 3. The molecule has 0 atom stereocenters. The van der Waals surface area contributed by atoms with E-state index in [-0.39, 0.29) is 5.56 Å². The molecule has 0 unspecified atom stereocenters. The molecule has 0 fully saturated rings. The minimum Gasteiger partial charge on any atom is -0.305 e. The Labute approximate surface area is 97.0 Å².